The summed E-state index contributed by atoms with van der Waals surface area (Å²) in [6, 6.07) is 0. The van der Waals surface area contributed by atoms with Crippen molar-refractivity contribution in [3.05, 3.63) is 21.6 Å². The maximum absolute atomic E-state index is 11.8. The number of hydrogen-bond acceptors (Lipinski definition) is 6. The standard InChI is InChI=1S/C12H21ClN4O3/c1-12(20,8-16(2)3)7-14-9-6-15-17(4-5-18)11(19)10(9)13/h6,14,18,20H,4-5,7-8H2,1-3H3. The van der Waals surface area contributed by atoms with Crippen LogP contribution in [0.15, 0.2) is 11.0 Å². The summed E-state index contributed by atoms with van der Waals surface area (Å²) in [5.74, 6) is 0. The minimum absolute atomic E-state index is 0.00546. The molecule has 7 nitrogen and oxygen atoms in total. The van der Waals surface area contributed by atoms with Crippen molar-refractivity contribution in [2.24, 2.45) is 0 Å². The molecule has 1 rings (SSSR count). The van der Waals surface area contributed by atoms with Gasteiger partial charge in [0.15, 0.2) is 0 Å². The van der Waals surface area contributed by atoms with Crippen LogP contribution in [0.4, 0.5) is 5.69 Å². The summed E-state index contributed by atoms with van der Waals surface area (Å²) >= 11 is 5.96. The summed E-state index contributed by atoms with van der Waals surface area (Å²) in [7, 11) is 3.72. The molecule has 0 saturated heterocycles. The predicted octanol–water partition coefficient (Wildman–Crippen LogP) is -0.386. The highest BCUT2D eigenvalue weighted by Crippen LogP contribution is 2.16. The van der Waals surface area contributed by atoms with Gasteiger partial charge in [-0.3, -0.25) is 4.79 Å². The number of aliphatic hydroxyl groups excluding tert-OH is 1. The van der Waals surface area contributed by atoms with Crippen LogP contribution in [0.3, 0.4) is 0 Å². The molecule has 1 aromatic rings. The van der Waals surface area contributed by atoms with Crippen molar-refractivity contribution in [2.75, 3.05) is 39.1 Å². The quantitative estimate of drug-likeness (QED) is 0.636. The first-order valence-electron chi connectivity index (χ1n) is 6.24. The summed E-state index contributed by atoms with van der Waals surface area (Å²) in [6.07, 6.45) is 1.41. The van der Waals surface area contributed by atoms with Crippen molar-refractivity contribution in [3.8, 4) is 0 Å². The van der Waals surface area contributed by atoms with Gasteiger partial charge in [0.05, 0.1) is 30.6 Å². The van der Waals surface area contributed by atoms with Gasteiger partial charge in [-0.1, -0.05) is 11.6 Å². The smallest absolute Gasteiger partial charge is 0.287 e. The van der Waals surface area contributed by atoms with E-state index in [1.165, 1.54) is 6.20 Å². The molecule has 0 amide bonds. The SMILES string of the molecule is CN(C)CC(C)(O)CNc1cnn(CCO)c(=O)c1Cl. The summed E-state index contributed by atoms with van der Waals surface area (Å²) in [4.78, 5) is 13.7. The van der Waals surface area contributed by atoms with Gasteiger partial charge in [-0.2, -0.15) is 5.10 Å². The van der Waals surface area contributed by atoms with Crippen LogP contribution in [0.25, 0.3) is 0 Å². The van der Waals surface area contributed by atoms with Gasteiger partial charge in [-0.15, -0.1) is 0 Å². The number of rotatable bonds is 7. The third kappa shape index (κ3) is 4.75. The minimum Gasteiger partial charge on any atom is -0.394 e. The average molecular weight is 305 g/mol. The van der Waals surface area contributed by atoms with Crippen LogP contribution >= 0.6 is 11.6 Å². The zero-order chi connectivity index (χ0) is 15.3. The zero-order valence-electron chi connectivity index (χ0n) is 11.9. The van der Waals surface area contributed by atoms with Crippen molar-refractivity contribution in [3.63, 3.8) is 0 Å². The van der Waals surface area contributed by atoms with Crippen LogP contribution in [-0.2, 0) is 6.54 Å². The molecule has 1 atom stereocenters. The first kappa shape index (κ1) is 16.9. The highest BCUT2D eigenvalue weighted by atomic mass is 35.5. The Morgan fingerprint density at radius 1 is 1.55 bits per heavy atom. The van der Waals surface area contributed by atoms with E-state index in [0.29, 0.717) is 12.2 Å². The molecule has 114 valence electrons. The molecule has 1 unspecified atom stereocenters. The predicted molar refractivity (Wildman–Crippen MR) is 78.3 cm³/mol. The van der Waals surface area contributed by atoms with Crippen LogP contribution < -0.4 is 10.9 Å². The van der Waals surface area contributed by atoms with Gasteiger partial charge in [0.2, 0.25) is 0 Å². The van der Waals surface area contributed by atoms with Crippen molar-refractivity contribution in [1.82, 2.24) is 14.7 Å². The van der Waals surface area contributed by atoms with Crippen molar-refractivity contribution in [1.29, 1.82) is 0 Å². The van der Waals surface area contributed by atoms with Crippen LogP contribution in [0.2, 0.25) is 5.02 Å². The number of hydrogen-bond donors (Lipinski definition) is 3. The Labute approximate surface area is 122 Å². The van der Waals surface area contributed by atoms with E-state index < -0.39 is 11.2 Å². The lowest BCUT2D eigenvalue weighted by Gasteiger charge is -2.27. The number of halogens is 1. The first-order valence-corrected chi connectivity index (χ1v) is 6.62. The molecule has 8 heteroatoms. The monoisotopic (exact) mass is 304 g/mol. The van der Waals surface area contributed by atoms with Crippen LogP contribution in [0.5, 0.6) is 0 Å². The lowest BCUT2D eigenvalue weighted by atomic mass is 10.1. The number of nitrogens with zero attached hydrogens (tertiary/aromatic N) is 3. The Morgan fingerprint density at radius 3 is 2.75 bits per heavy atom. The van der Waals surface area contributed by atoms with E-state index in [1.54, 1.807) is 6.92 Å². The molecular weight excluding hydrogens is 284 g/mol. The topological polar surface area (TPSA) is 90.6 Å². The molecule has 0 radical (unpaired) electrons. The fraction of sp³-hybridized carbons (Fsp3) is 0.667. The number of anilines is 1. The summed E-state index contributed by atoms with van der Waals surface area (Å²) in [5.41, 5.74) is -1.07. The lowest BCUT2D eigenvalue weighted by molar-refractivity contribution is 0.0460. The normalized spacial score (nSPS) is 14.3. The van der Waals surface area contributed by atoms with E-state index in [2.05, 4.69) is 10.4 Å². The number of aromatic nitrogens is 2. The van der Waals surface area contributed by atoms with Crippen LogP contribution in [0, 0.1) is 0 Å². The minimum atomic E-state index is -0.965. The first-order chi connectivity index (χ1) is 9.26. The largest absolute Gasteiger partial charge is 0.394 e. The Hall–Kier alpha value is -1.15. The molecule has 3 N–H and O–H groups in total. The Kier molecular flexibility index (Phi) is 5.94. The van der Waals surface area contributed by atoms with Gasteiger partial charge < -0.3 is 20.4 Å². The van der Waals surface area contributed by atoms with Crippen LogP contribution in [0.1, 0.15) is 6.92 Å². The second kappa shape index (κ2) is 7.03. The van der Waals surface area contributed by atoms with Crippen molar-refractivity contribution < 1.29 is 10.2 Å². The van der Waals surface area contributed by atoms with Crippen LogP contribution in [-0.4, -0.2) is 64.3 Å². The zero-order valence-corrected chi connectivity index (χ0v) is 12.7. The molecule has 1 heterocycles. The van der Waals surface area contributed by atoms with Gasteiger partial charge >= 0.3 is 0 Å². The molecule has 0 saturated carbocycles. The van der Waals surface area contributed by atoms with E-state index in [1.807, 2.05) is 19.0 Å². The molecule has 1 aromatic heterocycles. The molecule has 0 bridgehead atoms. The molecule has 20 heavy (non-hydrogen) atoms. The second-order valence-corrected chi connectivity index (χ2v) is 5.59. The van der Waals surface area contributed by atoms with Crippen molar-refractivity contribution >= 4 is 17.3 Å². The van der Waals surface area contributed by atoms with Gasteiger partial charge in [-0.25, -0.2) is 4.68 Å². The summed E-state index contributed by atoms with van der Waals surface area (Å²) in [5, 5.41) is 25.8. The third-order valence-electron chi connectivity index (χ3n) is 2.61. The lowest BCUT2D eigenvalue weighted by Crippen LogP contribution is -2.43. The molecule has 0 aliphatic carbocycles. The Bertz CT molecular complexity index is 502. The Morgan fingerprint density at radius 2 is 2.20 bits per heavy atom. The van der Waals surface area contributed by atoms with Gasteiger partial charge in [-0.05, 0) is 21.0 Å². The van der Waals surface area contributed by atoms with Gasteiger partial charge in [0.25, 0.3) is 5.56 Å². The van der Waals surface area contributed by atoms with Crippen molar-refractivity contribution in [2.45, 2.75) is 19.1 Å². The van der Waals surface area contributed by atoms with E-state index in [9.17, 15) is 9.90 Å². The number of likely N-dealkylation sites (N-methyl/N-ethyl adjacent to an activating group) is 1. The third-order valence-corrected chi connectivity index (χ3v) is 2.98. The molecule has 0 fully saturated rings. The van der Waals surface area contributed by atoms with Gasteiger partial charge in [0.1, 0.15) is 5.02 Å². The number of nitrogens with one attached hydrogen (secondary N) is 1. The second-order valence-electron chi connectivity index (χ2n) is 5.21. The molecule has 0 aromatic carbocycles. The highest BCUT2D eigenvalue weighted by Gasteiger charge is 2.22. The van der Waals surface area contributed by atoms with E-state index >= 15 is 0 Å². The maximum Gasteiger partial charge on any atom is 0.287 e. The maximum atomic E-state index is 11.8. The molecule has 0 aliphatic heterocycles. The summed E-state index contributed by atoms with van der Waals surface area (Å²) < 4.78 is 1.09. The van der Waals surface area contributed by atoms with E-state index in [-0.39, 0.29) is 24.7 Å². The fourth-order valence-electron chi connectivity index (χ4n) is 1.87. The molecule has 0 spiro atoms. The van der Waals surface area contributed by atoms with E-state index in [4.69, 9.17) is 16.7 Å². The van der Waals surface area contributed by atoms with Gasteiger partial charge in [0, 0.05) is 13.1 Å². The summed E-state index contributed by atoms with van der Waals surface area (Å²) in [6.45, 7) is 2.29. The Balaban J connectivity index is 2.79. The fourth-order valence-corrected chi connectivity index (χ4v) is 2.08. The molecule has 0 aliphatic rings. The average Bonchev–Trinajstić information content (AvgIpc) is 2.33. The number of aliphatic hydroxyl groups is 2. The van der Waals surface area contributed by atoms with E-state index in [0.717, 1.165) is 4.68 Å². The molecular formula is C12H21ClN4O3. The highest BCUT2D eigenvalue weighted by molar-refractivity contribution is 6.32.